The minimum Gasteiger partial charge on any atom is -0.352 e. The van der Waals surface area contributed by atoms with Gasteiger partial charge in [0.2, 0.25) is 15.9 Å². The van der Waals surface area contributed by atoms with E-state index in [-0.39, 0.29) is 29.1 Å². The minimum atomic E-state index is -3.91. The van der Waals surface area contributed by atoms with Crippen molar-refractivity contribution in [2.75, 3.05) is 6.54 Å². The van der Waals surface area contributed by atoms with Crippen molar-refractivity contribution in [3.8, 4) is 0 Å². The SMILES string of the molecule is CC(C)CC[C@@H](C)NC(=O)[C@H]1CCCCN1S(=O)(=O)c1ccc([N+](=O)[O-])cc1. The third-order valence-corrected chi connectivity index (χ3v) is 6.90. The van der Waals surface area contributed by atoms with Crippen LogP contribution in [0, 0.1) is 16.0 Å². The van der Waals surface area contributed by atoms with Crippen molar-refractivity contribution in [1.82, 2.24) is 9.62 Å². The van der Waals surface area contributed by atoms with E-state index in [0.29, 0.717) is 18.8 Å². The average Bonchev–Trinajstić information content (AvgIpc) is 2.66. The van der Waals surface area contributed by atoms with Crippen LogP contribution in [0.4, 0.5) is 5.69 Å². The lowest BCUT2D eigenvalue weighted by Crippen LogP contribution is -2.53. The van der Waals surface area contributed by atoms with Crippen LogP contribution in [0.2, 0.25) is 0 Å². The zero-order valence-electron chi connectivity index (χ0n) is 16.6. The number of non-ortho nitro benzene ring substituents is 1. The number of hydrogen-bond donors (Lipinski definition) is 1. The second-order valence-corrected chi connectivity index (χ2v) is 9.65. The number of amides is 1. The zero-order chi connectivity index (χ0) is 20.9. The van der Waals surface area contributed by atoms with E-state index in [1.165, 1.54) is 28.6 Å². The summed E-state index contributed by atoms with van der Waals surface area (Å²) in [7, 11) is -3.91. The summed E-state index contributed by atoms with van der Waals surface area (Å²) in [4.78, 5) is 23.0. The Kier molecular flexibility index (Phi) is 7.54. The van der Waals surface area contributed by atoms with Gasteiger partial charge in [0.05, 0.1) is 9.82 Å². The Hall–Kier alpha value is -2.00. The second kappa shape index (κ2) is 9.47. The first-order valence-corrected chi connectivity index (χ1v) is 11.1. The molecule has 1 N–H and O–H groups in total. The van der Waals surface area contributed by atoms with Crippen LogP contribution in [0.3, 0.4) is 0 Å². The van der Waals surface area contributed by atoms with Crippen molar-refractivity contribution in [3.05, 3.63) is 34.4 Å². The summed E-state index contributed by atoms with van der Waals surface area (Å²) in [5.41, 5.74) is -0.175. The number of rotatable bonds is 8. The molecule has 0 radical (unpaired) electrons. The summed E-state index contributed by atoms with van der Waals surface area (Å²) < 4.78 is 27.4. The van der Waals surface area contributed by atoms with E-state index in [2.05, 4.69) is 19.2 Å². The van der Waals surface area contributed by atoms with Gasteiger partial charge in [0, 0.05) is 24.7 Å². The number of hydrogen-bond acceptors (Lipinski definition) is 5. The molecule has 2 rings (SSSR count). The number of carbonyl (C=O) groups is 1. The van der Waals surface area contributed by atoms with Crippen LogP contribution in [-0.4, -0.2) is 42.2 Å². The molecule has 8 nitrogen and oxygen atoms in total. The number of nitro groups is 1. The first-order valence-electron chi connectivity index (χ1n) is 9.69. The molecule has 1 heterocycles. The molecule has 1 amide bonds. The van der Waals surface area contributed by atoms with Crippen LogP contribution in [-0.2, 0) is 14.8 Å². The fraction of sp³-hybridized carbons (Fsp3) is 0.632. The van der Waals surface area contributed by atoms with E-state index in [1.54, 1.807) is 0 Å². The smallest absolute Gasteiger partial charge is 0.269 e. The molecular weight excluding hydrogens is 382 g/mol. The van der Waals surface area contributed by atoms with Gasteiger partial charge < -0.3 is 5.32 Å². The maximum atomic E-state index is 13.1. The van der Waals surface area contributed by atoms with Gasteiger partial charge in [0.25, 0.3) is 5.69 Å². The molecule has 0 saturated carbocycles. The molecule has 0 spiro atoms. The standard InChI is InChI=1S/C19H29N3O5S/c1-14(2)7-8-15(3)20-19(23)18-6-4-5-13-21(18)28(26,27)17-11-9-16(10-12-17)22(24)25/h9-12,14-15,18H,4-8,13H2,1-3H3,(H,20,23)/t15-,18-/m1/s1. The molecule has 2 atom stereocenters. The number of benzene rings is 1. The molecule has 1 fully saturated rings. The van der Waals surface area contributed by atoms with Crippen molar-refractivity contribution < 1.29 is 18.1 Å². The highest BCUT2D eigenvalue weighted by Crippen LogP contribution is 2.27. The number of carbonyl (C=O) groups excluding carboxylic acids is 1. The highest BCUT2D eigenvalue weighted by Gasteiger charge is 2.38. The summed E-state index contributed by atoms with van der Waals surface area (Å²) in [6, 6.07) is 4.00. The molecule has 0 aliphatic carbocycles. The molecule has 1 aliphatic heterocycles. The summed E-state index contributed by atoms with van der Waals surface area (Å²) in [5, 5.41) is 13.7. The highest BCUT2D eigenvalue weighted by atomic mass is 32.2. The molecule has 156 valence electrons. The van der Waals surface area contributed by atoms with Gasteiger partial charge in [-0.05, 0) is 50.7 Å². The second-order valence-electron chi connectivity index (χ2n) is 7.76. The first kappa shape index (κ1) is 22.3. The fourth-order valence-electron chi connectivity index (χ4n) is 3.32. The third-order valence-electron chi connectivity index (χ3n) is 4.98. The van der Waals surface area contributed by atoms with E-state index in [4.69, 9.17) is 0 Å². The predicted octanol–water partition coefficient (Wildman–Crippen LogP) is 3.08. The fourth-order valence-corrected chi connectivity index (χ4v) is 4.98. The van der Waals surface area contributed by atoms with Crippen LogP contribution in [0.15, 0.2) is 29.2 Å². The summed E-state index contributed by atoms with van der Waals surface area (Å²) in [6.45, 7) is 6.43. The number of sulfonamides is 1. The number of nitrogens with zero attached hydrogens (tertiary/aromatic N) is 2. The van der Waals surface area contributed by atoms with E-state index in [0.717, 1.165) is 19.3 Å². The molecule has 1 aliphatic rings. The Balaban J connectivity index is 2.16. The molecule has 1 aromatic carbocycles. The Bertz CT molecular complexity index is 792. The molecule has 1 saturated heterocycles. The summed E-state index contributed by atoms with van der Waals surface area (Å²) >= 11 is 0. The Morgan fingerprint density at radius 1 is 1.21 bits per heavy atom. The van der Waals surface area contributed by atoms with Gasteiger partial charge in [0.1, 0.15) is 6.04 Å². The maximum absolute atomic E-state index is 13.1. The number of piperidine rings is 1. The van der Waals surface area contributed by atoms with Crippen LogP contribution in [0.1, 0.15) is 52.9 Å². The van der Waals surface area contributed by atoms with Gasteiger partial charge in [-0.3, -0.25) is 14.9 Å². The lowest BCUT2D eigenvalue weighted by Gasteiger charge is -2.34. The molecule has 9 heteroatoms. The molecule has 1 aromatic rings. The first-order chi connectivity index (χ1) is 13.1. The topological polar surface area (TPSA) is 110 Å². The molecule has 28 heavy (non-hydrogen) atoms. The Labute approximate surface area is 166 Å². The van der Waals surface area contributed by atoms with Gasteiger partial charge in [-0.25, -0.2) is 8.42 Å². The lowest BCUT2D eigenvalue weighted by molar-refractivity contribution is -0.384. The van der Waals surface area contributed by atoms with E-state index >= 15 is 0 Å². The quantitative estimate of drug-likeness (QED) is 0.522. The molecular formula is C19H29N3O5S. The van der Waals surface area contributed by atoms with Gasteiger partial charge in [-0.2, -0.15) is 4.31 Å². The van der Waals surface area contributed by atoms with E-state index in [9.17, 15) is 23.3 Å². The lowest BCUT2D eigenvalue weighted by atomic mass is 10.0. The molecule has 0 aromatic heterocycles. The normalized spacial score (nSPS) is 19.4. The van der Waals surface area contributed by atoms with E-state index in [1.807, 2.05) is 6.92 Å². The van der Waals surface area contributed by atoms with E-state index < -0.39 is 21.0 Å². The van der Waals surface area contributed by atoms with Crippen LogP contribution < -0.4 is 5.32 Å². The van der Waals surface area contributed by atoms with Crippen LogP contribution >= 0.6 is 0 Å². The Morgan fingerprint density at radius 2 is 1.86 bits per heavy atom. The largest absolute Gasteiger partial charge is 0.352 e. The highest BCUT2D eigenvalue weighted by molar-refractivity contribution is 7.89. The number of nitrogens with one attached hydrogen (secondary N) is 1. The monoisotopic (exact) mass is 411 g/mol. The summed E-state index contributed by atoms with van der Waals surface area (Å²) in [5.74, 6) is 0.259. The number of nitro benzene ring substituents is 1. The maximum Gasteiger partial charge on any atom is 0.269 e. The molecule has 0 unspecified atom stereocenters. The Morgan fingerprint density at radius 3 is 2.43 bits per heavy atom. The van der Waals surface area contributed by atoms with Gasteiger partial charge in [0.15, 0.2) is 0 Å². The predicted molar refractivity (Wildman–Crippen MR) is 106 cm³/mol. The van der Waals surface area contributed by atoms with Crippen molar-refractivity contribution in [1.29, 1.82) is 0 Å². The zero-order valence-corrected chi connectivity index (χ0v) is 17.4. The summed E-state index contributed by atoms with van der Waals surface area (Å²) in [6.07, 6.45) is 3.75. The van der Waals surface area contributed by atoms with Crippen molar-refractivity contribution >= 4 is 21.6 Å². The van der Waals surface area contributed by atoms with Crippen molar-refractivity contribution in [2.24, 2.45) is 5.92 Å². The van der Waals surface area contributed by atoms with Crippen molar-refractivity contribution in [2.45, 2.75) is 69.9 Å². The minimum absolute atomic E-state index is 0.0271. The van der Waals surface area contributed by atoms with Gasteiger partial charge in [-0.1, -0.05) is 20.3 Å². The van der Waals surface area contributed by atoms with Crippen molar-refractivity contribution in [3.63, 3.8) is 0 Å². The third kappa shape index (κ3) is 5.51. The van der Waals surface area contributed by atoms with Gasteiger partial charge in [-0.15, -0.1) is 0 Å². The molecule has 0 bridgehead atoms. The van der Waals surface area contributed by atoms with Crippen LogP contribution in [0.5, 0.6) is 0 Å². The average molecular weight is 412 g/mol. The van der Waals surface area contributed by atoms with Gasteiger partial charge >= 0.3 is 0 Å². The van der Waals surface area contributed by atoms with Crippen LogP contribution in [0.25, 0.3) is 0 Å².